The molecule has 0 aliphatic heterocycles. The molecule has 0 fully saturated rings. The van der Waals surface area contributed by atoms with Gasteiger partial charge >= 0.3 is 5.97 Å². The van der Waals surface area contributed by atoms with Gasteiger partial charge in [0.1, 0.15) is 0 Å². The van der Waals surface area contributed by atoms with Crippen molar-refractivity contribution in [1.82, 2.24) is 15.5 Å². The van der Waals surface area contributed by atoms with Gasteiger partial charge in [-0.2, -0.15) is 4.98 Å². The molecule has 1 rings (SSSR count). The fourth-order valence-corrected chi connectivity index (χ4v) is 0.756. The number of methoxy groups -OCH3 is 1. The third kappa shape index (κ3) is 3.20. The molecule has 0 radical (unpaired) electrons. The average molecular weight is 185 g/mol. The summed E-state index contributed by atoms with van der Waals surface area (Å²) in [5.41, 5.74) is 0. The molecule has 6 nitrogen and oxygen atoms in total. The van der Waals surface area contributed by atoms with Gasteiger partial charge in [-0.25, -0.2) is 0 Å². The van der Waals surface area contributed by atoms with Gasteiger partial charge in [0.2, 0.25) is 5.89 Å². The molecule has 6 heteroatoms. The topological polar surface area (TPSA) is 77.2 Å². The number of carbonyl (C=O) groups is 1. The van der Waals surface area contributed by atoms with E-state index in [1.165, 1.54) is 7.11 Å². The maximum absolute atomic E-state index is 10.7. The summed E-state index contributed by atoms with van der Waals surface area (Å²) >= 11 is 0. The van der Waals surface area contributed by atoms with Crippen LogP contribution in [0.3, 0.4) is 0 Å². The predicted octanol–water partition coefficient (Wildman–Crippen LogP) is -0.359. The molecule has 0 amide bonds. The van der Waals surface area contributed by atoms with E-state index in [1.54, 1.807) is 6.92 Å². The number of hydrogen-bond acceptors (Lipinski definition) is 6. The Bertz CT molecular complexity index is 284. The third-order valence-corrected chi connectivity index (χ3v) is 1.34. The minimum Gasteiger partial charge on any atom is -0.468 e. The van der Waals surface area contributed by atoms with Crippen molar-refractivity contribution < 1.29 is 14.1 Å². The van der Waals surface area contributed by atoms with Crippen LogP contribution in [0, 0.1) is 6.92 Å². The fraction of sp³-hybridized carbons (Fsp3) is 0.571. The van der Waals surface area contributed by atoms with Gasteiger partial charge in [-0.3, -0.25) is 10.1 Å². The first-order chi connectivity index (χ1) is 6.22. The fourth-order valence-electron chi connectivity index (χ4n) is 0.756. The van der Waals surface area contributed by atoms with E-state index < -0.39 is 0 Å². The predicted molar refractivity (Wildman–Crippen MR) is 42.8 cm³/mol. The number of aryl methyl sites for hydroxylation is 1. The van der Waals surface area contributed by atoms with Gasteiger partial charge in [0.15, 0.2) is 5.82 Å². The second-order valence-corrected chi connectivity index (χ2v) is 2.42. The number of nitrogens with zero attached hydrogens (tertiary/aromatic N) is 2. The van der Waals surface area contributed by atoms with Crippen LogP contribution in [-0.4, -0.2) is 29.8 Å². The smallest absolute Gasteiger partial charge is 0.319 e. The molecule has 13 heavy (non-hydrogen) atoms. The highest BCUT2D eigenvalue weighted by atomic mass is 16.5. The Morgan fingerprint density at radius 3 is 3.00 bits per heavy atom. The Hall–Kier alpha value is -1.43. The van der Waals surface area contributed by atoms with Gasteiger partial charge in [0, 0.05) is 0 Å². The normalized spacial score (nSPS) is 10.0. The summed E-state index contributed by atoms with van der Waals surface area (Å²) in [6, 6.07) is 0. The second-order valence-electron chi connectivity index (χ2n) is 2.42. The van der Waals surface area contributed by atoms with Crippen molar-refractivity contribution in [3.63, 3.8) is 0 Å². The molecule has 0 spiro atoms. The van der Waals surface area contributed by atoms with Crippen molar-refractivity contribution in [2.45, 2.75) is 13.5 Å². The first-order valence-corrected chi connectivity index (χ1v) is 3.79. The summed E-state index contributed by atoms with van der Waals surface area (Å²) in [5.74, 6) is 0.715. The quantitative estimate of drug-likeness (QED) is 0.645. The van der Waals surface area contributed by atoms with Gasteiger partial charge in [0.05, 0.1) is 20.2 Å². The molecule has 0 aliphatic rings. The van der Waals surface area contributed by atoms with E-state index in [9.17, 15) is 4.79 Å². The maximum Gasteiger partial charge on any atom is 0.319 e. The van der Waals surface area contributed by atoms with Crippen molar-refractivity contribution in [1.29, 1.82) is 0 Å². The molecule has 0 aliphatic carbocycles. The summed E-state index contributed by atoms with van der Waals surface area (Å²) in [7, 11) is 1.33. The lowest BCUT2D eigenvalue weighted by molar-refractivity contribution is -0.139. The molecule has 72 valence electrons. The van der Waals surface area contributed by atoms with E-state index >= 15 is 0 Å². The van der Waals surface area contributed by atoms with Crippen LogP contribution in [0.2, 0.25) is 0 Å². The van der Waals surface area contributed by atoms with E-state index in [1.807, 2.05) is 0 Å². The van der Waals surface area contributed by atoms with Gasteiger partial charge in [0.25, 0.3) is 0 Å². The summed E-state index contributed by atoms with van der Waals surface area (Å²) < 4.78 is 9.23. The van der Waals surface area contributed by atoms with Crippen molar-refractivity contribution in [3.05, 3.63) is 11.7 Å². The Kier molecular flexibility index (Phi) is 3.39. The molecule has 1 heterocycles. The molecule has 0 saturated heterocycles. The zero-order chi connectivity index (χ0) is 9.68. The number of esters is 1. The molecule has 1 N–H and O–H groups in total. The molecular weight excluding hydrogens is 174 g/mol. The molecule has 1 aromatic rings. The van der Waals surface area contributed by atoms with Gasteiger partial charge in [-0.05, 0) is 6.92 Å². The van der Waals surface area contributed by atoms with Crippen LogP contribution in [-0.2, 0) is 16.1 Å². The molecule has 0 atom stereocenters. The SMILES string of the molecule is COC(=O)CNCc1nc(C)no1. The molecule has 0 bridgehead atoms. The van der Waals surface area contributed by atoms with Crippen LogP contribution in [0.15, 0.2) is 4.52 Å². The number of hydrogen-bond donors (Lipinski definition) is 1. The average Bonchev–Trinajstić information content (AvgIpc) is 2.51. The van der Waals surface area contributed by atoms with Crippen LogP contribution >= 0.6 is 0 Å². The number of ether oxygens (including phenoxy) is 1. The maximum atomic E-state index is 10.7. The minimum absolute atomic E-state index is 0.137. The molecule has 1 aromatic heterocycles. The lowest BCUT2D eigenvalue weighted by Crippen LogP contribution is -2.23. The summed E-state index contributed by atoms with van der Waals surface area (Å²) in [6.07, 6.45) is 0. The Balaban J connectivity index is 2.24. The Morgan fingerprint density at radius 2 is 2.46 bits per heavy atom. The van der Waals surface area contributed by atoms with Gasteiger partial charge < -0.3 is 9.26 Å². The lowest BCUT2D eigenvalue weighted by Gasteiger charge is -1.98. The first kappa shape index (κ1) is 9.66. The highest BCUT2D eigenvalue weighted by Crippen LogP contribution is 1.93. The Morgan fingerprint density at radius 1 is 1.69 bits per heavy atom. The third-order valence-electron chi connectivity index (χ3n) is 1.34. The van der Waals surface area contributed by atoms with E-state index in [0.717, 1.165) is 0 Å². The van der Waals surface area contributed by atoms with E-state index in [0.29, 0.717) is 18.3 Å². The van der Waals surface area contributed by atoms with Crippen LogP contribution in [0.4, 0.5) is 0 Å². The monoisotopic (exact) mass is 185 g/mol. The molecule has 0 unspecified atom stereocenters. The highest BCUT2D eigenvalue weighted by molar-refractivity contribution is 5.71. The van der Waals surface area contributed by atoms with Crippen molar-refractivity contribution in [2.24, 2.45) is 0 Å². The minimum atomic E-state index is -0.323. The number of nitrogens with one attached hydrogen (secondary N) is 1. The summed E-state index contributed by atoms with van der Waals surface area (Å²) in [4.78, 5) is 14.6. The molecule has 0 aromatic carbocycles. The highest BCUT2D eigenvalue weighted by Gasteiger charge is 2.03. The van der Waals surface area contributed by atoms with Gasteiger partial charge in [-0.1, -0.05) is 5.16 Å². The van der Waals surface area contributed by atoms with E-state index in [4.69, 9.17) is 4.52 Å². The second kappa shape index (κ2) is 4.56. The zero-order valence-corrected chi connectivity index (χ0v) is 7.53. The zero-order valence-electron chi connectivity index (χ0n) is 7.53. The van der Waals surface area contributed by atoms with Crippen molar-refractivity contribution in [2.75, 3.05) is 13.7 Å². The van der Waals surface area contributed by atoms with Crippen LogP contribution in [0.1, 0.15) is 11.7 Å². The summed E-state index contributed by atoms with van der Waals surface area (Å²) in [5, 5.41) is 6.39. The van der Waals surface area contributed by atoms with Gasteiger partial charge in [-0.15, -0.1) is 0 Å². The van der Waals surface area contributed by atoms with Crippen LogP contribution in [0.5, 0.6) is 0 Å². The van der Waals surface area contributed by atoms with E-state index in [2.05, 4.69) is 20.2 Å². The van der Waals surface area contributed by atoms with Crippen molar-refractivity contribution in [3.8, 4) is 0 Å². The Labute approximate surface area is 75.3 Å². The number of aromatic nitrogens is 2. The molecular formula is C7H11N3O3. The van der Waals surface area contributed by atoms with Crippen LogP contribution in [0.25, 0.3) is 0 Å². The summed E-state index contributed by atoms with van der Waals surface area (Å²) in [6.45, 7) is 2.24. The number of carbonyl (C=O) groups excluding carboxylic acids is 1. The lowest BCUT2D eigenvalue weighted by atomic mass is 10.5. The standard InChI is InChI=1S/C7H11N3O3/c1-5-9-6(13-10-5)3-8-4-7(11)12-2/h8H,3-4H2,1-2H3. The first-order valence-electron chi connectivity index (χ1n) is 3.79. The van der Waals surface area contributed by atoms with Crippen LogP contribution < -0.4 is 5.32 Å². The van der Waals surface area contributed by atoms with Crippen molar-refractivity contribution >= 4 is 5.97 Å². The molecule has 0 saturated carbocycles. The largest absolute Gasteiger partial charge is 0.468 e. The van der Waals surface area contributed by atoms with E-state index in [-0.39, 0.29) is 12.5 Å². The number of rotatable bonds is 4.